The van der Waals surface area contributed by atoms with Crippen molar-refractivity contribution in [3.8, 4) is 11.5 Å². The zero-order valence-electron chi connectivity index (χ0n) is 17.0. The molecular formula is C19H34IN3O3. The Morgan fingerprint density at radius 2 is 1.81 bits per heavy atom. The van der Waals surface area contributed by atoms with Gasteiger partial charge in [0.2, 0.25) is 0 Å². The molecule has 0 aliphatic heterocycles. The van der Waals surface area contributed by atoms with Gasteiger partial charge in [-0.2, -0.15) is 0 Å². The highest BCUT2D eigenvalue weighted by molar-refractivity contribution is 14.0. The summed E-state index contributed by atoms with van der Waals surface area (Å²) >= 11 is 0. The number of rotatable bonds is 8. The lowest BCUT2D eigenvalue weighted by Crippen LogP contribution is -2.45. The van der Waals surface area contributed by atoms with Gasteiger partial charge in [-0.1, -0.05) is 20.8 Å². The molecule has 1 aromatic rings. The predicted octanol–water partition coefficient (Wildman–Crippen LogP) is 3.44. The van der Waals surface area contributed by atoms with E-state index in [1.165, 1.54) is 0 Å². The van der Waals surface area contributed by atoms with Crippen molar-refractivity contribution >= 4 is 29.9 Å². The van der Waals surface area contributed by atoms with Crippen LogP contribution in [0.4, 0.5) is 0 Å². The number of guanidine groups is 1. The van der Waals surface area contributed by atoms with Crippen molar-refractivity contribution in [1.82, 2.24) is 10.6 Å². The zero-order valence-corrected chi connectivity index (χ0v) is 19.3. The van der Waals surface area contributed by atoms with Gasteiger partial charge >= 0.3 is 0 Å². The highest BCUT2D eigenvalue weighted by Gasteiger charge is 2.24. The summed E-state index contributed by atoms with van der Waals surface area (Å²) in [6.45, 7) is 10.5. The number of aliphatic imine (C=N–C) groups is 1. The first-order valence-electron chi connectivity index (χ1n) is 8.61. The molecule has 26 heavy (non-hydrogen) atoms. The van der Waals surface area contributed by atoms with Crippen LogP contribution in [0.5, 0.6) is 11.5 Å². The maximum absolute atomic E-state index is 5.59. The molecule has 0 radical (unpaired) electrons. The van der Waals surface area contributed by atoms with E-state index in [0.29, 0.717) is 13.1 Å². The quantitative estimate of drug-likeness (QED) is 0.340. The molecule has 0 aromatic heterocycles. The van der Waals surface area contributed by atoms with E-state index in [0.717, 1.165) is 29.6 Å². The van der Waals surface area contributed by atoms with Gasteiger partial charge < -0.3 is 24.8 Å². The van der Waals surface area contributed by atoms with Crippen LogP contribution in [0.3, 0.4) is 0 Å². The normalized spacial score (nSPS) is 12.8. The molecule has 6 nitrogen and oxygen atoms in total. The third-order valence-electron chi connectivity index (χ3n) is 3.95. The molecule has 0 aliphatic carbocycles. The SMILES string of the molecule is CCNC(=NCc1ccc(OC)cc1OC)NCC(OC)C(C)(C)C.I. The number of benzene rings is 1. The molecule has 0 bridgehead atoms. The van der Waals surface area contributed by atoms with Gasteiger partial charge in [0, 0.05) is 31.8 Å². The van der Waals surface area contributed by atoms with E-state index >= 15 is 0 Å². The Morgan fingerprint density at radius 1 is 1.12 bits per heavy atom. The number of hydrogen-bond donors (Lipinski definition) is 2. The van der Waals surface area contributed by atoms with E-state index in [4.69, 9.17) is 14.2 Å². The second-order valence-electron chi connectivity index (χ2n) is 6.84. The lowest BCUT2D eigenvalue weighted by atomic mass is 9.89. The first-order valence-corrected chi connectivity index (χ1v) is 8.61. The standard InChI is InChI=1S/C19H33N3O3.HI/c1-8-20-18(22-13-17(25-7)19(2,3)4)21-12-14-9-10-15(23-5)11-16(14)24-6;/h9-11,17H,8,12-13H2,1-7H3,(H2,20,21,22);1H. The van der Waals surface area contributed by atoms with Crippen molar-refractivity contribution in [3.05, 3.63) is 23.8 Å². The zero-order chi connectivity index (χ0) is 18.9. The fraction of sp³-hybridized carbons (Fsp3) is 0.632. The monoisotopic (exact) mass is 479 g/mol. The van der Waals surface area contributed by atoms with Gasteiger partial charge in [0.15, 0.2) is 5.96 Å². The van der Waals surface area contributed by atoms with Crippen LogP contribution < -0.4 is 20.1 Å². The number of halogens is 1. The van der Waals surface area contributed by atoms with Gasteiger partial charge in [-0.05, 0) is 24.5 Å². The van der Waals surface area contributed by atoms with Crippen LogP contribution in [0.1, 0.15) is 33.3 Å². The van der Waals surface area contributed by atoms with E-state index in [2.05, 4.69) is 36.4 Å². The number of hydrogen-bond acceptors (Lipinski definition) is 4. The van der Waals surface area contributed by atoms with Crippen LogP contribution in [0.25, 0.3) is 0 Å². The van der Waals surface area contributed by atoms with Crippen molar-refractivity contribution in [3.63, 3.8) is 0 Å². The molecule has 1 atom stereocenters. The molecule has 0 aliphatic rings. The van der Waals surface area contributed by atoms with Crippen LogP contribution in [0, 0.1) is 5.41 Å². The Morgan fingerprint density at radius 3 is 2.31 bits per heavy atom. The molecule has 0 amide bonds. The Kier molecular flexibility index (Phi) is 11.6. The van der Waals surface area contributed by atoms with Crippen LogP contribution in [0.15, 0.2) is 23.2 Å². The van der Waals surface area contributed by atoms with Crippen LogP contribution in [0.2, 0.25) is 0 Å². The van der Waals surface area contributed by atoms with E-state index in [1.807, 2.05) is 25.1 Å². The maximum Gasteiger partial charge on any atom is 0.191 e. The average molecular weight is 479 g/mol. The first-order chi connectivity index (χ1) is 11.8. The van der Waals surface area contributed by atoms with Crippen molar-refractivity contribution in [2.24, 2.45) is 10.4 Å². The molecule has 0 spiro atoms. The van der Waals surface area contributed by atoms with Gasteiger partial charge in [0.05, 0.1) is 26.9 Å². The van der Waals surface area contributed by atoms with E-state index in [-0.39, 0.29) is 35.5 Å². The Labute approximate surface area is 175 Å². The minimum absolute atomic E-state index is 0. The summed E-state index contributed by atoms with van der Waals surface area (Å²) in [5.74, 6) is 2.29. The third kappa shape index (κ3) is 7.99. The molecule has 7 heteroatoms. The lowest BCUT2D eigenvalue weighted by molar-refractivity contribution is 0.0205. The molecule has 1 rings (SSSR count). The number of ether oxygens (including phenoxy) is 3. The smallest absolute Gasteiger partial charge is 0.191 e. The second-order valence-corrected chi connectivity index (χ2v) is 6.84. The fourth-order valence-electron chi connectivity index (χ4n) is 2.42. The van der Waals surface area contributed by atoms with Gasteiger partial charge in [0.1, 0.15) is 11.5 Å². The van der Waals surface area contributed by atoms with Crippen LogP contribution in [-0.4, -0.2) is 46.5 Å². The van der Waals surface area contributed by atoms with E-state index < -0.39 is 0 Å². The maximum atomic E-state index is 5.59. The molecule has 0 saturated carbocycles. The number of nitrogens with one attached hydrogen (secondary N) is 2. The summed E-state index contributed by atoms with van der Waals surface area (Å²) in [5, 5.41) is 6.62. The topological polar surface area (TPSA) is 64.1 Å². The van der Waals surface area contributed by atoms with Crippen molar-refractivity contribution in [1.29, 1.82) is 0 Å². The van der Waals surface area contributed by atoms with Gasteiger partial charge in [0.25, 0.3) is 0 Å². The summed E-state index contributed by atoms with van der Waals surface area (Å²) < 4.78 is 16.2. The fourth-order valence-corrected chi connectivity index (χ4v) is 2.42. The van der Waals surface area contributed by atoms with Gasteiger partial charge in [-0.25, -0.2) is 4.99 Å². The average Bonchev–Trinajstić information content (AvgIpc) is 2.58. The largest absolute Gasteiger partial charge is 0.497 e. The molecule has 0 saturated heterocycles. The van der Waals surface area contributed by atoms with Crippen LogP contribution in [-0.2, 0) is 11.3 Å². The summed E-state index contributed by atoms with van der Waals surface area (Å²) in [6, 6.07) is 5.75. The molecule has 1 aromatic carbocycles. The summed E-state index contributed by atoms with van der Waals surface area (Å²) in [6.07, 6.45) is 0.0897. The Balaban J connectivity index is 0.00000625. The summed E-state index contributed by atoms with van der Waals surface area (Å²) in [5.41, 5.74) is 1.05. The van der Waals surface area contributed by atoms with Crippen molar-refractivity contribution < 1.29 is 14.2 Å². The van der Waals surface area contributed by atoms with Crippen molar-refractivity contribution in [2.75, 3.05) is 34.4 Å². The van der Waals surface area contributed by atoms with Crippen LogP contribution >= 0.6 is 24.0 Å². The second kappa shape index (κ2) is 12.2. The first kappa shape index (κ1) is 24.8. The Hall–Kier alpha value is -1.22. The van der Waals surface area contributed by atoms with Crippen molar-refractivity contribution in [2.45, 2.75) is 40.3 Å². The predicted molar refractivity (Wildman–Crippen MR) is 118 cm³/mol. The van der Waals surface area contributed by atoms with E-state index in [9.17, 15) is 0 Å². The van der Waals surface area contributed by atoms with Gasteiger partial charge in [-0.15, -0.1) is 24.0 Å². The van der Waals surface area contributed by atoms with Gasteiger partial charge in [-0.3, -0.25) is 0 Å². The molecule has 0 fully saturated rings. The lowest BCUT2D eigenvalue weighted by Gasteiger charge is -2.30. The minimum Gasteiger partial charge on any atom is -0.497 e. The summed E-state index contributed by atoms with van der Waals surface area (Å²) in [4.78, 5) is 4.65. The molecule has 0 heterocycles. The number of nitrogens with zero attached hydrogens (tertiary/aromatic N) is 1. The summed E-state index contributed by atoms with van der Waals surface area (Å²) in [7, 11) is 5.03. The van der Waals surface area contributed by atoms with E-state index in [1.54, 1.807) is 21.3 Å². The highest BCUT2D eigenvalue weighted by atomic mass is 127. The minimum atomic E-state index is 0. The third-order valence-corrected chi connectivity index (χ3v) is 3.95. The molecule has 150 valence electrons. The highest BCUT2D eigenvalue weighted by Crippen LogP contribution is 2.25. The Bertz CT molecular complexity index is 559. The molecule has 2 N–H and O–H groups in total. The molecule has 1 unspecified atom stereocenters. The molecular weight excluding hydrogens is 445 g/mol. The number of methoxy groups -OCH3 is 3.